The molecule has 0 unspecified atom stereocenters. The molecule has 6 nitrogen and oxygen atoms in total. The Balaban J connectivity index is 1.74. The summed E-state index contributed by atoms with van der Waals surface area (Å²) in [7, 11) is 0. The lowest BCUT2D eigenvalue weighted by atomic mass is 10.0. The van der Waals surface area contributed by atoms with Crippen LogP contribution in [-0.2, 0) is 0 Å². The summed E-state index contributed by atoms with van der Waals surface area (Å²) in [5.74, 6) is -1.78. The van der Waals surface area contributed by atoms with Gasteiger partial charge in [-0.3, -0.25) is 4.79 Å². The molecule has 0 atom stereocenters. The summed E-state index contributed by atoms with van der Waals surface area (Å²) < 4.78 is 5.53. The van der Waals surface area contributed by atoms with Gasteiger partial charge in [0.25, 0.3) is 5.91 Å². The molecule has 0 fully saturated rings. The van der Waals surface area contributed by atoms with Gasteiger partial charge in [-0.15, -0.1) is 11.3 Å². The molecule has 0 aliphatic carbocycles. The number of benzene rings is 2. The second-order valence-corrected chi connectivity index (χ2v) is 7.82. The number of carboxylic acid groups (broad SMARTS) is 1. The Morgan fingerprint density at radius 2 is 1.90 bits per heavy atom. The SMILES string of the molecule is N#Cc1c(Cl)ccc(-c2csc(NC(=O)c3cc4ccccc4o3)c2C(=O)O)c1Cl. The van der Waals surface area contributed by atoms with Crippen LogP contribution < -0.4 is 5.32 Å². The summed E-state index contributed by atoms with van der Waals surface area (Å²) >= 11 is 13.3. The van der Waals surface area contributed by atoms with E-state index in [-0.39, 0.29) is 37.5 Å². The minimum Gasteiger partial charge on any atom is -0.478 e. The van der Waals surface area contributed by atoms with Gasteiger partial charge in [-0.05, 0) is 18.2 Å². The van der Waals surface area contributed by atoms with Crippen molar-refractivity contribution in [3.63, 3.8) is 0 Å². The molecule has 0 radical (unpaired) electrons. The van der Waals surface area contributed by atoms with Crippen molar-refractivity contribution in [1.82, 2.24) is 0 Å². The molecule has 30 heavy (non-hydrogen) atoms. The minimum atomic E-state index is -1.25. The molecule has 0 saturated heterocycles. The van der Waals surface area contributed by atoms with Gasteiger partial charge in [0.15, 0.2) is 5.76 Å². The molecule has 0 bridgehead atoms. The van der Waals surface area contributed by atoms with Crippen molar-refractivity contribution in [2.45, 2.75) is 0 Å². The van der Waals surface area contributed by atoms with Crippen LogP contribution >= 0.6 is 34.5 Å². The molecule has 0 aliphatic rings. The van der Waals surface area contributed by atoms with E-state index in [4.69, 9.17) is 27.6 Å². The number of carbonyl (C=O) groups excluding carboxylic acids is 1. The van der Waals surface area contributed by atoms with Crippen molar-refractivity contribution in [3.8, 4) is 17.2 Å². The van der Waals surface area contributed by atoms with Crippen LogP contribution in [0.1, 0.15) is 26.5 Å². The lowest BCUT2D eigenvalue weighted by Gasteiger charge is -2.08. The predicted molar refractivity (Wildman–Crippen MR) is 116 cm³/mol. The van der Waals surface area contributed by atoms with E-state index >= 15 is 0 Å². The number of para-hydroxylation sites is 1. The Labute approximate surface area is 183 Å². The maximum Gasteiger partial charge on any atom is 0.339 e. The first-order chi connectivity index (χ1) is 14.4. The van der Waals surface area contributed by atoms with E-state index in [0.29, 0.717) is 11.1 Å². The molecule has 2 aromatic carbocycles. The molecule has 1 amide bonds. The van der Waals surface area contributed by atoms with Gasteiger partial charge < -0.3 is 14.8 Å². The van der Waals surface area contributed by atoms with E-state index in [1.807, 2.05) is 12.1 Å². The number of nitrogens with one attached hydrogen (secondary N) is 1. The predicted octanol–water partition coefficient (Wildman–Crippen LogP) is 6.29. The van der Waals surface area contributed by atoms with Gasteiger partial charge in [-0.1, -0.05) is 47.5 Å². The summed E-state index contributed by atoms with van der Waals surface area (Å²) in [6.45, 7) is 0. The Morgan fingerprint density at radius 1 is 1.13 bits per heavy atom. The number of amides is 1. The lowest BCUT2D eigenvalue weighted by molar-refractivity contribution is 0.0699. The number of carboxylic acids is 1. The number of hydrogen-bond acceptors (Lipinski definition) is 5. The topological polar surface area (TPSA) is 103 Å². The quantitative estimate of drug-likeness (QED) is 0.375. The number of rotatable bonds is 4. The number of fused-ring (bicyclic) bond motifs is 1. The average molecular weight is 457 g/mol. The van der Waals surface area contributed by atoms with Crippen molar-refractivity contribution in [3.05, 3.63) is 74.8 Å². The maximum atomic E-state index is 12.6. The maximum absolute atomic E-state index is 12.6. The minimum absolute atomic E-state index is 0.0421. The van der Waals surface area contributed by atoms with E-state index in [2.05, 4.69) is 5.32 Å². The zero-order valence-corrected chi connectivity index (χ0v) is 17.2. The number of nitriles is 1. The third-order valence-corrected chi connectivity index (χ3v) is 5.98. The normalized spacial score (nSPS) is 10.7. The highest BCUT2D eigenvalue weighted by Crippen LogP contribution is 2.41. The van der Waals surface area contributed by atoms with Crippen LogP contribution in [0.15, 0.2) is 52.3 Å². The first-order valence-electron chi connectivity index (χ1n) is 8.44. The number of carbonyl (C=O) groups is 2. The second kappa shape index (κ2) is 7.84. The van der Waals surface area contributed by atoms with Gasteiger partial charge in [0.05, 0.1) is 15.6 Å². The Hall–Kier alpha value is -3.31. The molecule has 2 heterocycles. The van der Waals surface area contributed by atoms with Gasteiger partial charge in [-0.2, -0.15) is 5.26 Å². The summed E-state index contributed by atoms with van der Waals surface area (Å²) in [5, 5.41) is 24.2. The molecule has 9 heteroatoms. The van der Waals surface area contributed by atoms with Crippen LogP contribution in [-0.4, -0.2) is 17.0 Å². The summed E-state index contributed by atoms with van der Waals surface area (Å²) in [5.41, 5.74) is 1.05. The number of aromatic carboxylic acids is 1. The number of furan rings is 1. The van der Waals surface area contributed by atoms with Gasteiger partial charge in [0.2, 0.25) is 0 Å². The highest BCUT2D eigenvalue weighted by Gasteiger charge is 2.25. The van der Waals surface area contributed by atoms with Crippen molar-refractivity contribution in [1.29, 1.82) is 5.26 Å². The first-order valence-corrected chi connectivity index (χ1v) is 10.1. The van der Waals surface area contributed by atoms with Crippen LogP contribution in [0.25, 0.3) is 22.1 Å². The van der Waals surface area contributed by atoms with Crippen LogP contribution in [0.5, 0.6) is 0 Å². The molecular formula is C21H10Cl2N2O4S. The largest absolute Gasteiger partial charge is 0.478 e. The molecule has 0 saturated carbocycles. The zero-order valence-electron chi connectivity index (χ0n) is 14.9. The highest BCUT2D eigenvalue weighted by molar-refractivity contribution is 7.15. The molecule has 4 rings (SSSR count). The Morgan fingerprint density at radius 3 is 2.60 bits per heavy atom. The number of nitrogens with zero attached hydrogens (tertiary/aromatic N) is 1. The molecule has 148 valence electrons. The molecule has 2 aromatic heterocycles. The summed E-state index contributed by atoms with van der Waals surface area (Å²) in [6.07, 6.45) is 0. The van der Waals surface area contributed by atoms with E-state index in [1.54, 1.807) is 29.6 Å². The Bertz CT molecular complexity index is 1330. The average Bonchev–Trinajstić information content (AvgIpc) is 3.32. The van der Waals surface area contributed by atoms with E-state index in [1.165, 1.54) is 12.1 Å². The second-order valence-electron chi connectivity index (χ2n) is 6.16. The van der Waals surface area contributed by atoms with Crippen molar-refractivity contribution < 1.29 is 19.1 Å². The first kappa shape index (κ1) is 20.0. The van der Waals surface area contributed by atoms with Crippen molar-refractivity contribution in [2.75, 3.05) is 5.32 Å². The molecule has 4 aromatic rings. The van der Waals surface area contributed by atoms with E-state index < -0.39 is 11.9 Å². The van der Waals surface area contributed by atoms with Crippen molar-refractivity contribution >= 4 is 62.4 Å². The van der Waals surface area contributed by atoms with Crippen molar-refractivity contribution in [2.24, 2.45) is 0 Å². The lowest BCUT2D eigenvalue weighted by Crippen LogP contribution is -2.12. The fraction of sp³-hybridized carbons (Fsp3) is 0. The monoisotopic (exact) mass is 456 g/mol. The van der Waals surface area contributed by atoms with Crippen LogP contribution in [0, 0.1) is 11.3 Å². The fourth-order valence-corrected chi connectivity index (χ4v) is 4.49. The molecule has 0 aliphatic heterocycles. The molecular weight excluding hydrogens is 447 g/mol. The van der Waals surface area contributed by atoms with Crippen LogP contribution in [0.4, 0.5) is 5.00 Å². The zero-order chi connectivity index (χ0) is 21.4. The smallest absolute Gasteiger partial charge is 0.339 e. The molecule has 0 spiro atoms. The summed E-state index contributed by atoms with van der Waals surface area (Å²) in [6, 6.07) is 13.6. The third kappa shape index (κ3) is 3.42. The number of hydrogen-bond donors (Lipinski definition) is 2. The molecule has 2 N–H and O–H groups in total. The number of halogens is 2. The highest BCUT2D eigenvalue weighted by atomic mass is 35.5. The third-order valence-electron chi connectivity index (χ3n) is 4.37. The standard InChI is InChI=1S/C21H10Cl2N2O4S/c22-14-6-5-11(18(23)12(14)8-24)13-9-30-20(17(13)21(27)28)25-19(26)16-7-10-3-1-2-4-15(10)29-16/h1-7,9H,(H,25,26)(H,27,28). The van der Waals surface area contributed by atoms with Crippen LogP contribution in [0.2, 0.25) is 10.0 Å². The van der Waals surface area contributed by atoms with E-state index in [0.717, 1.165) is 16.7 Å². The van der Waals surface area contributed by atoms with Gasteiger partial charge in [-0.25, -0.2) is 4.79 Å². The van der Waals surface area contributed by atoms with Gasteiger partial charge in [0, 0.05) is 21.9 Å². The van der Waals surface area contributed by atoms with E-state index in [9.17, 15) is 20.0 Å². The van der Waals surface area contributed by atoms with Gasteiger partial charge in [0.1, 0.15) is 22.2 Å². The summed E-state index contributed by atoms with van der Waals surface area (Å²) in [4.78, 5) is 24.6. The number of anilines is 1. The van der Waals surface area contributed by atoms with Crippen LogP contribution in [0.3, 0.4) is 0 Å². The van der Waals surface area contributed by atoms with Gasteiger partial charge >= 0.3 is 5.97 Å². The number of thiophene rings is 1. The fourth-order valence-electron chi connectivity index (χ4n) is 2.98. The Kier molecular flexibility index (Phi) is 5.22.